The Bertz CT molecular complexity index is 730. The molecule has 1 heterocycles. The van der Waals surface area contributed by atoms with Gasteiger partial charge in [-0.2, -0.15) is 0 Å². The molecular weight excluding hydrogens is 352 g/mol. The third-order valence-electron chi connectivity index (χ3n) is 3.82. The van der Waals surface area contributed by atoms with Gasteiger partial charge in [-0.3, -0.25) is 9.59 Å². The van der Waals surface area contributed by atoms with Crippen molar-refractivity contribution in [2.45, 2.75) is 45.6 Å². The summed E-state index contributed by atoms with van der Waals surface area (Å²) in [5, 5.41) is 14.7. The van der Waals surface area contributed by atoms with Gasteiger partial charge in [-0.1, -0.05) is 18.3 Å². The number of nitrogens with zero attached hydrogens (tertiary/aromatic N) is 2. The van der Waals surface area contributed by atoms with Crippen molar-refractivity contribution in [1.29, 1.82) is 0 Å². The fourth-order valence-corrected chi connectivity index (χ4v) is 2.93. The van der Waals surface area contributed by atoms with E-state index in [1.54, 1.807) is 31.4 Å². The summed E-state index contributed by atoms with van der Waals surface area (Å²) in [5.41, 5.74) is 0.661. The molecule has 2 rings (SSSR count). The van der Waals surface area contributed by atoms with Crippen molar-refractivity contribution < 1.29 is 14.3 Å². The molecule has 0 unspecified atom stereocenters. The van der Waals surface area contributed by atoms with E-state index >= 15 is 0 Å². The third-order valence-corrected chi connectivity index (χ3v) is 4.81. The number of carbonyl (C=O) groups is 2. The van der Waals surface area contributed by atoms with Crippen molar-refractivity contribution in [3.05, 3.63) is 34.3 Å². The van der Waals surface area contributed by atoms with Crippen LogP contribution in [0.5, 0.6) is 5.75 Å². The summed E-state index contributed by atoms with van der Waals surface area (Å²) in [6.45, 7) is 4.01. The van der Waals surface area contributed by atoms with Gasteiger partial charge < -0.3 is 15.4 Å². The first-order chi connectivity index (χ1) is 12.5. The van der Waals surface area contributed by atoms with Crippen LogP contribution >= 0.6 is 11.3 Å². The smallest absolute Gasteiger partial charge is 0.286 e. The Morgan fingerprint density at radius 1 is 1.23 bits per heavy atom. The average molecular weight is 376 g/mol. The number of anilines is 1. The van der Waals surface area contributed by atoms with Crippen molar-refractivity contribution in [2.24, 2.45) is 0 Å². The van der Waals surface area contributed by atoms with E-state index in [2.05, 4.69) is 20.8 Å². The summed E-state index contributed by atoms with van der Waals surface area (Å²) in [7, 11) is 1.59. The van der Waals surface area contributed by atoms with Crippen LogP contribution in [0.2, 0.25) is 0 Å². The van der Waals surface area contributed by atoms with Crippen LogP contribution in [0.15, 0.2) is 24.3 Å². The highest BCUT2D eigenvalue weighted by atomic mass is 32.1. The van der Waals surface area contributed by atoms with E-state index in [1.165, 1.54) is 11.3 Å². The number of benzene rings is 1. The van der Waals surface area contributed by atoms with E-state index in [1.807, 2.05) is 13.8 Å². The third kappa shape index (κ3) is 6.11. The van der Waals surface area contributed by atoms with E-state index in [0.717, 1.165) is 17.2 Å². The SMILES string of the molecule is CC[C@@H](C)NC(=O)CCCc1nnc(C(=O)Nc2ccc(OC)cc2)s1. The maximum absolute atomic E-state index is 12.2. The quantitative estimate of drug-likeness (QED) is 0.702. The second kappa shape index (κ2) is 9.86. The van der Waals surface area contributed by atoms with Crippen LogP contribution in [-0.2, 0) is 11.2 Å². The molecule has 0 saturated carbocycles. The lowest BCUT2D eigenvalue weighted by Crippen LogP contribution is -2.31. The molecule has 2 aromatic rings. The molecule has 0 spiro atoms. The zero-order valence-electron chi connectivity index (χ0n) is 15.2. The molecule has 2 amide bonds. The predicted octanol–water partition coefficient (Wildman–Crippen LogP) is 3.04. The molecule has 140 valence electrons. The highest BCUT2D eigenvalue weighted by molar-refractivity contribution is 7.13. The van der Waals surface area contributed by atoms with Crippen molar-refractivity contribution in [3.63, 3.8) is 0 Å². The lowest BCUT2D eigenvalue weighted by molar-refractivity contribution is -0.121. The van der Waals surface area contributed by atoms with E-state index in [9.17, 15) is 9.59 Å². The topological polar surface area (TPSA) is 93.2 Å². The zero-order valence-corrected chi connectivity index (χ0v) is 16.1. The molecule has 1 atom stereocenters. The Balaban J connectivity index is 1.80. The minimum Gasteiger partial charge on any atom is -0.497 e. The predicted molar refractivity (Wildman–Crippen MR) is 102 cm³/mol. The van der Waals surface area contributed by atoms with Gasteiger partial charge in [0.1, 0.15) is 10.8 Å². The Hall–Kier alpha value is -2.48. The number of hydrogen-bond donors (Lipinski definition) is 2. The fraction of sp³-hybridized carbons (Fsp3) is 0.444. The fourth-order valence-electron chi connectivity index (χ4n) is 2.15. The summed E-state index contributed by atoms with van der Waals surface area (Å²) in [6, 6.07) is 7.25. The van der Waals surface area contributed by atoms with Crippen molar-refractivity contribution >= 4 is 28.8 Å². The van der Waals surface area contributed by atoms with E-state index in [4.69, 9.17) is 4.74 Å². The lowest BCUT2D eigenvalue weighted by atomic mass is 10.2. The number of rotatable bonds is 9. The first-order valence-corrected chi connectivity index (χ1v) is 9.40. The minimum absolute atomic E-state index is 0.0429. The molecule has 0 aliphatic heterocycles. The normalized spacial score (nSPS) is 11.7. The van der Waals surface area contributed by atoms with Gasteiger partial charge in [0, 0.05) is 24.6 Å². The number of ether oxygens (including phenoxy) is 1. The van der Waals surface area contributed by atoms with Gasteiger partial charge in [-0.15, -0.1) is 10.2 Å². The Labute approximate surface area is 157 Å². The second-order valence-electron chi connectivity index (χ2n) is 5.91. The van der Waals surface area contributed by atoms with Crippen LogP contribution in [0.25, 0.3) is 0 Å². The molecule has 8 heteroatoms. The maximum atomic E-state index is 12.2. The molecule has 0 saturated heterocycles. The largest absolute Gasteiger partial charge is 0.497 e. The van der Waals surface area contributed by atoms with Gasteiger partial charge in [0.25, 0.3) is 5.91 Å². The van der Waals surface area contributed by atoms with E-state index in [0.29, 0.717) is 30.0 Å². The van der Waals surface area contributed by atoms with Crippen molar-refractivity contribution in [2.75, 3.05) is 12.4 Å². The molecule has 2 N–H and O–H groups in total. The maximum Gasteiger partial charge on any atom is 0.286 e. The number of carbonyl (C=O) groups excluding carboxylic acids is 2. The Morgan fingerprint density at radius 2 is 1.96 bits per heavy atom. The molecule has 1 aromatic carbocycles. The number of amides is 2. The first kappa shape index (κ1) is 19.8. The van der Waals surface area contributed by atoms with Gasteiger partial charge in [-0.05, 0) is 44.0 Å². The first-order valence-electron chi connectivity index (χ1n) is 8.59. The number of hydrogen-bond acceptors (Lipinski definition) is 6. The second-order valence-corrected chi connectivity index (χ2v) is 6.98. The molecule has 7 nitrogen and oxygen atoms in total. The number of nitrogens with one attached hydrogen (secondary N) is 2. The van der Waals surface area contributed by atoms with E-state index < -0.39 is 0 Å². The highest BCUT2D eigenvalue weighted by Gasteiger charge is 2.14. The molecule has 0 aliphatic carbocycles. The molecule has 0 bridgehead atoms. The van der Waals surface area contributed by atoms with Crippen LogP contribution in [0.3, 0.4) is 0 Å². The van der Waals surface area contributed by atoms with Gasteiger partial charge in [0.05, 0.1) is 7.11 Å². The van der Waals surface area contributed by atoms with Crippen LogP contribution in [-0.4, -0.2) is 35.2 Å². The summed E-state index contributed by atoms with van der Waals surface area (Å²) >= 11 is 1.25. The van der Waals surface area contributed by atoms with Gasteiger partial charge in [-0.25, -0.2) is 0 Å². The van der Waals surface area contributed by atoms with Crippen LogP contribution in [0, 0.1) is 0 Å². The van der Waals surface area contributed by atoms with Gasteiger partial charge >= 0.3 is 0 Å². The summed E-state index contributed by atoms with van der Waals surface area (Å²) < 4.78 is 5.08. The minimum atomic E-state index is -0.298. The van der Waals surface area contributed by atoms with Crippen molar-refractivity contribution in [1.82, 2.24) is 15.5 Å². The lowest BCUT2D eigenvalue weighted by Gasteiger charge is -2.10. The molecule has 0 aliphatic rings. The van der Waals surface area contributed by atoms with Crippen LogP contribution in [0.4, 0.5) is 5.69 Å². The van der Waals surface area contributed by atoms with Gasteiger partial charge in [0.15, 0.2) is 0 Å². The molecule has 1 aromatic heterocycles. The summed E-state index contributed by atoms with van der Waals surface area (Å²) in [4.78, 5) is 24.0. The standard InChI is InChI=1S/C18H24N4O3S/c1-4-12(2)19-15(23)6-5-7-16-21-22-18(26-16)17(24)20-13-8-10-14(25-3)11-9-13/h8-12H,4-7H2,1-3H3,(H,19,23)(H,20,24)/t12-/m1/s1. The number of aromatic nitrogens is 2. The molecule has 26 heavy (non-hydrogen) atoms. The Kier molecular flexibility index (Phi) is 7.53. The highest BCUT2D eigenvalue weighted by Crippen LogP contribution is 2.18. The molecular formula is C18H24N4O3S. The average Bonchev–Trinajstić information content (AvgIpc) is 3.11. The van der Waals surface area contributed by atoms with Crippen molar-refractivity contribution in [3.8, 4) is 5.75 Å². The van der Waals surface area contributed by atoms with E-state index in [-0.39, 0.29) is 17.9 Å². The monoisotopic (exact) mass is 376 g/mol. The van der Waals surface area contributed by atoms with Gasteiger partial charge in [0.2, 0.25) is 10.9 Å². The molecule has 0 radical (unpaired) electrons. The number of aryl methyl sites for hydroxylation is 1. The molecule has 0 fully saturated rings. The zero-order chi connectivity index (χ0) is 18.9. The van der Waals surface area contributed by atoms with Crippen LogP contribution in [0.1, 0.15) is 47.9 Å². The number of methoxy groups -OCH3 is 1. The Morgan fingerprint density at radius 3 is 2.62 bits per heavy atom. The van der Waals surface area contributed by atoms with Crippen LogP contribution < -0.4 is 15.4 Å². The summed E-state index contributed by atoms with van der Waals surface area (Å²) in [6.07, 6.45) is 2.66. The summed E-state index contributed by atoms with van der Waals surface area (Å²) in [5.74, 6) is 0.466.